The molecule has 1 aliphatic rings. The summed E-state index contributed by atoms with van der Waals surface area (Å²) >= 11 is 0. The van der Waals surface area contributed by atoms with E-state index in [1.165, 1.54) is 48.5 Å². The van der Waals surface area contributed by atoms with Crippen LogP contribution in [0.25, 0.3) is 0 Å². The summed E-state index contributed by atoms with van der Waals surface area (Å²) in [4.78, 5) is 13.7. The number of benzene rings is 2. The molecule has 0 aliphatic carbocycles. The average Bonchev–Trinajstić information content (AvgIpc) is 3.12. The summed E-state index contributed by atoms with van der Waals surface area (Å²) in [5.41, 5.74) is 0.385. The number of para-hydroxylation sites is 1. The van der Waals surface area contributed by atoms with Crippen LogP contribution in [0.5, 0.6) is 0 Å². The predicted octanol–water partition coefficient (Wildman–Crippen LogP) is 3.25. The molecule has 6 nitrogen and oxygen atoms in total. The number of amides is 2. The van der Waals surface area contributed by atoms with Gasteiger partial charge in [0.1, 0.15) is 5.82 Å². The van der Waals surface area contributed by atoms with Crippen LogP contribution in [0.4, 0.5) is 20.6 Å². The van der Waals surface area contributed by atoms with Crippen LogP contribution >= 0.6 is 0 Å². The first-order valence-electron chi connectivity index (χ1n) is 7.89. The minimum atomic E-state index is -3.91. The number of carbonyl (C=O) groups is 1. The monoisotopic (exact) mass is 363 g/mol. The summed E-state index contributed by atoms with van der Waals surface area (Å²) in [5, 5.41) is 2.73. The Morgan fingerprint density at radius 2 is 1.64 bits per heavy atom. The quantitative estimate of drug-likeness (QED) is 0.875. The zero-order chi connectivity index (χ0) is 17.9. The van der Waals surface area contributed by atoms with E-state index < -0.39 is 15.8 Å². The predicted molar refractivity (Wildman–Crippen MR) is 93.5 cm³/mol. The molecule has 2 aromatic carbocycles. The fraction of sp³-hybridized carbons (Fsp3) is 0.235. The lowest BCUT2D eigenvalue weighted by Crippen LogP contribution is -2.32. The third kappa shape index (κ3) is 4.08. The standard InChI is InChI=1S/C17H18FN3O3S/c18-15-5-1-2-6-16(15)20-25(23,24)14-9-7-13(8-10-14)19-17(22)21-11-3-4-12-21/h1-2,5-10,20H,3-4,11-12H2,(H,19,22). The van der Waals surface area contributed by atoms with Crippen molar-refractivity contribution in [2.24, 2.45) is 0 Å². The Kier molecular flexibility index (Phi) is 4.89. The second-order valence-electron chi connectivity index (χ2n) is 5.73. The van der Waals surface area contributed by atoms with Crippen molar-refractivity contribution < 1.29 is 17.6 Å². The molecule has 0 aromatic heterocycles. The molecular weight excluding hydrogens is 345 g/mol. The molecule has 1 fully saturated rings. The molecule has 0 unspecified atom stereocenters. The topological polar surface area (TPSA) is 78.5 Å². The van der Waals surface area contributed by atoms with E-state index in [1.54, 1.807) is 4.90 Å². The molecule has 2 amide bonds. The highest BCUT2D eigenvalue weighted by Crippen LogP contribution is 2.20. The summed E-state index contributed by atoms with van der Waals surface area (Å²) < 4.78 is 40.5. The number of anilines is 2. The van der Waals surface area contributed by atoms with Gasteiger partial charge in [-0.05, 0) is 49.2 Å². The van der Waals surface area contributed by atoms with Crippen LogP contribution in [0.3, 0.4) is 0 Å². The summed E-state index contributed by atoms with van der Waals surface area (Å²) in [6.45, 7) is 1.45. The molecule has 1 heterocycles. The van der Waals surface area contributed by atoms with Gasteiger partial charge in [-0.25, -0.2) is 17.6 Å². The smallest absolute Gasteiger partial charge is 0.321 e. The molecule has 8 heteroatoms. The van der Waals surface area contributed by atoms with Crippen molar-refractivity contribution in [3.8, 4) is 0 Å². The van der Waals surface area contributed by atoms with Gasteiger partial charge in [0.05, 0.1) is 10.6 Å². The number of halogens is 1. The van der Waals surface area contributed by atoms with Gasteiger partial charge in [0.25, 0.3) is 10.0 Å². The first-order valence-corrected chi connectivity index (χ1v) is 9.37. The molecule has 1 saturated heterocycles. The molecule has 1 aliphatic heterocycles. The average molecular weight is 363 g/mol. The van der Waals surface area contributed by atoms with Gasteiger partial charge in [0.2, 0.25) is 0 Å². The van der Waals surface area contributed by atoms with Crippen molar-refractivity contribution in [3.63, 3.8) is 0 Å². The molecular formula is C17H18FN3O3S. The lowest BCUT2D eigenvalue weighted by Gasteiger charge is -2.16. The highest BCUT2D eigenvalue weighted by Gasteiger charge is 2.19. The first kappa shape index (κ1) is 17.2. The van der Waals surface area contributed by atoms with Crippen molar-refractivity contribution in [3.05, 3.63) is 54.3 Å². The molecule has 132 valence electrons. The number of urea groups is 1. The van der Waals surface area contributed by atoms with Crippen LogP contribution in [0, 0.1) is 5.82 Å². The Morgan fingerprint density at radius 3 is 2.28 bits per heavy atom. The second kappa shape index (κ2) is 7.10. The normalized spacial score (nSPS) is 14.4. The summed E-state index contributed by atoms with van der Waals surface area (Å²) in [6.07, 6.45) is 1.98. The van der Waals surface area contributed by atoms with Crippen molar-refractivity contribution >= 4 is 27.4 Å². The van der Waals surface area contributed by atoms with Crippen LogP contribution in [0.2, 0.25) is 0 Å². The van der Waals surface area contributed by atoms with Gasteiger partial charge in [-0.2, -0.15) is 0 Å². The largest absolute Gasteiger partial charge is 0.325 e. The maximum Gasteiger partial charge on any atom is 0.321 e. The number of nitrogens with zero attached hydrogens (tertiary/aromatic N) is 1. The molecule has 2 aromatic rings. The third-order valence-electron chi connectivity index (χ3n) is 3.93. The van der Waals surface area contributed by atoms with E-state index in [0.717, 1.165) is 25.9 Å². The van der Waals surface area contributed by atoms with Crippen LogP contribution in [-0.2, 0) is 10.0 Å². The molecule has 0 saturated carbocycles. The van der Waals surface area contributed by atoms with E-state index >= 15 is 0 Å². The molecule has 0 radical (unpaired) electrons. The van der Waals surface area contributed by atoms with E-state index in [4.69, 9.17) is 0 Å². The highest BCUT2D eigenvalue weighted by atomic mass is 32.2. The van der Waals surface area contributed by atoms with Crippen molar-refractivity contribution in [1.29, 1.82) is 0 Å². The molecule has 0 spiro atoms. The molecule has 25 heavy (non-hydrogen) atoms. The molecule has 2 N–H and O–H groups in total. The summed E-state index contributed by atoms with van der Waals surface area (Å²) in [5.74, 6) is -0.652. The maximum absolute atomic E-state index is 13.6. The zero-order valence-corrected chi connectivity index (χ0v) is 14.2. The number of carbonyl (C=O) groups excluding carboxylic acids is 1. The lowest BCUT2D eigenvalue weighted by atomic mass is 10.3. The van der Waals surface area contributed by atoms with Crippen molar-refractivity contribution in [1.82, 2.24) is 4.90 Å². The lowest BCUT2D eigenvalue weighted by molar-refractivity contribution is 0.222. The minimum Gasteiger partial charge on any atom is -0.325 e. The number of hydrogen-bond acceptors (Lipinski definition) is 3. The molecule has 0 bridgehead atoms. The Morgan fingerprint density at radius 1 is 1.00 bits per heavy atom. The Hall–Kier alpha value is -2.61. The van der Waals surface area contributed by atoms with Gasteiger partial charge in [-0.1, -0.05) is 12.1 Å². The summed E-state index contributed by atoms with van der Waals surface area (Å²) in [6, 6.07) is 11.1. The van der Waals surface area contributed by atoms with Gasteiger partial charge in [0, 0.05) is 18.8 Å². The molecule has 3 rings (SSSR count). The van der Waals surface area contributed by atoms with E-state index in [-0.39, 0.29) is 16.6 Å². The minimum absolute atomic E-state index is 0.0186. The van der Waals surface area contributed by atoms with Gasteiger partial charge in [0.15, 0.2) is 0 Å². The van der Waals surface area contributed by atoms with Crippen LogP contribution in [0.15, 0.2) is 53.4 Å². The second-order valence-corrected chi connectivity index (χ2v) is 7.42. The Labute approximate surface area is 145 Å². The van der Waals surface area contributed by atoms with E-state index in [1.807, 2.05) is 0 Å². The van der Waals surface area contributed by atoms with Crippen LogP contribution in [0.1, 0.15) is 12.8 Å². The fourth-order valence-electron chi connectivity index (χ4n) is 2.59. The van der Waals surface area contributed by atoms with E-state index in [9.17, 15) is 17.6 Å². The van der Waals surface area contributed by atoms with Crippen molar-refractivity contribution in [2.75, 3.05) is 23.1 Å². The first-order chi connectivity index (χ1) is 12.0. The number of rotatable bonds is 4. The van der Waals surface area contributed by atoms with Gasteiger partial charge >= 0.3 is 6.03 Å². The van der Waals surface area contributed by atoms with Crippen LogP contribution in [-0.4, -0.2) is 32.4 Å². The fourth-order valence-corrected chi connectivity index (χ4v) is 3.66. The van der Waals surface area contributed by atoms with Gasteiger partial charge < -0.3 is 10.2 Å². The summed E-state index contributed by atoms with van der Waals surface area (Å²) in [7, 11) is -3.91. The number of hydrogen-bond donors (Lipinski definition) is 2. The van der Waals surface area contributed by atoms with Crippen molar-refractivity contribution in [2.45, 2.75) is 17.7 Å². The SMILES string of the molecule is O=C(Nc1ccc(S(=O)(=O)Nc2ccccc2F)cc1)N1CCCC1. The van der Waals surface area contributed by atoms with Crippen LogP contribution < -0.4 is 10.0 Å². The molecule has 0 atom stereocenters. The number of likely N-dealkylation sites (tertiary alicyclic amines) is 1. The number of sulfonamides is 1. The van der Waals surface area contributed by atoms with E-state index in [2.05, 4.69) is 10.0 Å². The Balaban J connectivity index is 1.70. The maximum atomic E-state index is 13.6. The van der Waals surface area contributed by atoms with E-state index in [0.29, 0.717) is 5.69 Å². The highest BCUT2D eigenvalue weighted by molar-refractivity contribution is 7.92. The van der Waals surface area contributed by atoms with Gasteiger partial charge in [-0.3, -0.25) is 4.72 Å². The number of nitrogens with one attached hydrogen (secondary N) is 2. The third-order valence-corrected chi connectivity index (χ3v) is 5.31. The van der Waals surface area contributed by atoms with Gasteiger partial charge in [-0.15, -0.1) is 0 Å². The zero-order valence-electron chi connectivity index (χ0n) is 13.4. The Bertz CT molecular complexity index is 863.